The van der Waals surface area contributed by atoms with E-state index in [4.69, 9.17) is 0 Å². The lowest BCUT2D eigenvalue weighted by atomic mass is 9.79. The number of piperidine rings is 1. The standard InChI is InChI=1S/C23H31FN4O3S/c1-22(2)13-16(14-23(3,4)27-22)28(5)21-9-8-19(25-26-21)17-12-18(24)15(11-20(17)29)7-6-10-32(30)31/h6-9,11-12,16,27,29,32H,10,13-14H2,1-5H3/b7-6+. The Balaban J connectivity index is 1.81. The van der Waals surface area contributed by atoms with E-state index >= 15 is 0 Å². The van der Waals surface area contributed by atoms with Crippen molar-refractivity contribution in [1.29, 1.82) is 0 Å². The molecule has 0 bridgehead atoms. The summed E-state index contributed by atoms with van der Waals surface area (Å²) in [7, 11) is -0.579. The highest BCUT2D eigenvalue weighted by molar-refractivity contribution is 7.72. The average Bonchev–Trinajstić information content (AvgIpc) is 2.67. The number of thiol groups is 1. The van der Waals surface area contributed by atoms with Crippen LogP contribution in [0.2, 0.25) is 0 Å². The molecule has 1 saturated heterocycles. The third-order valence-electron chi connectivity index (χ3n) is 5.67. The second-order valence-electron chi connectivity index (χ2n) is 9.65. The highest BCUT2D eigenvalue weighted by atomic mass is 32.2. The number of phenols is 1. The first-order valence-corrected chi connectivity index (χ1v) is 11.9. The van der Waals surface area contributed by atoms with E-state index in [-0.39, 0.29) is 39.7 Å². The molecule has 1 fully saturated rings. The number of anilines is 1. The quantitative estimate of drug-likeness (QED) is 0.567. The predicted octanol–water partition coefficient (Wildman–Crippen LogP) is 3.36. The van der Waals surface area contributed by atoms with Crippen LogP contribution < -0.4 is 10.2 Å². The highest BCUT2D eigenvalue weighted by Gasteiger charge is 2.39. The van der Waals surface area contributed by atoms with Gasteiger partial charge in [-0.1, -0.05) is 12.2 Å². The van der Waals surface area contributed by atoms with Gasteiger partial charge in [0.15, 0.2) is 5.82 Å². The van der Waals surface area contributed by atoms with Crippen LogP contribution in [-0.2, 0) is 10.7 Å². The van der Waals surface area contributed by atoms with Crippen molar-refractivity contribution in [1.82, 2.24) is 15.5 Å². The van der Waals surface area contributed by atoms with Crippen LogP contribution in [0.1, 0.15) is 46.1 Å². The van der Waals surface area contributed by atoms with Crippen LogP contribution in [-0.4, -0.2) is 53.6 Å². The molecule has 2 N–H and O–H groups in total. The van der Waals surface area contributed by atoms with Gasteiger partial charge in [-0.2, -0.15) is 0 Å². The summed E-state index contributed by atoms with van der Waals surface area (Å²) in [5.41, 5.74) is 0.667. The van der Waals surface area contributed by atoms with Crippen molar-refractivity contribution in [3.8, 4) is 17.0 Å². The number of hydrogen-bond acceptors (Lipinski definition) is 7. The molecule has 1 aliphatic heterocycles. The van der Waals surface area contributed by atoms with E-state index in [1.54, 1.807) is 6.07 Å². The maximum atomic E-state index is 14.5. The van der Waals surface area contributed by atoms with E-state index in [1.807, 2.05) is 13.1 Å². The molecule has 7 nitrogen and oxygen atoms in total. The van der Waals surface area contributed by atoms with Gasteiger partial charge in [0.25, 0.3) is 0 Å². The summed E-state index contributed by atoms with van der Waals surface area (Å²) in [5, 5.41) is 22.6. The maximum absolute atomic E-state index is 14.5. The van der Waals surface area contributed by atoms with Crippen LogP contribution in [0.5, 0.6) is 5.75 Å². The van der Waals surface area contributed by atoms with E-state index in [2.05, 4.69) is 48.1 Å². The average molecular weight is 463 g/mol. The SMILES string of the molecule is CN(c1ccc(-c2cc(F)c(/C=C/C[SH](=O)=O)cc2O)nn1)C1CC(C)(C)NC(C)(C)C1. The molecule has 32 heavy (non-hydrogen) atoms. The third-order valence-corrected chi connectivity index (χ3v) is 6.18. The van der Waals surface area contributed by atoms with Crippen LogP contribution in [0, 0.1) is 5.82 Å². The second-order valence-corrected chi connectivity index (χ2v) is 10.7. The predicted molar refractivity (Wildman–Crippen MR) is 126 cm³/mol. The number of hydrogen-bond donors (Lipinski definition) is 3. The van der Waals surface area contributed by atoms with Crippen molar-refractivity contribution in [3.63, 3.8) is 0 Å². The Morgan fingerprint density at radius 3 is 2.41 bits per heavy atom. The van der Waals surface area contributed by atoms with Crippen molar-refractivity contribution in [3.05, 3.63) is 41.7 Å². The Morgan fingerprint density at radius 1 is 1.19 bits per heavy atom. The Hall–Kier alpha value is -2.52. The molecule has 0 aliphatic carbocycles. The summed E-state index contributed by atoms with van der Waals surface area (Å²) >= 11 is 0. The van der Waals surface area contributed by atoms with Gasteiger partial charge < -0.3 is 15.3 Å². The van der Waals surface area contributed by atoms with Gasteiger partial charge in [0, 0.05) is 35.3 Å². The Labute approximate surface area is 190 Å². The van der Waals surface area contributed by atoms with Gasteiger partial charge in [-0.05, 0) is 64.8 Å². The molecule has 9 heteroatoms. The summed E-state index contributed by atoms with van der Waals surface area (Å²) in [4.78, 5) is 2.12. The van der Waals surface area contributed by atoms with Gasteiger partial charge in [0.1, 0.15) is 22.3 Å². The molecule has 1 aromatic carbocycles. The van der Waals surface area contributed by atoms with Crippen molar-refractivity contribution < 1.29 is 17.9 Å². The summed E-state index contributed by atoms with van der Waals surface area (Å²) in [6.45, 7) is 8.78. The van der Waals surface area contributed by atoms with Gasteiger partial charge in [0.05, 0.1) is 11.4 Å². The molecule has 174 valence electrons. The van der Waals surface area contributed by atoms with Crippen LogP contribution >= 0.6 is 0 Å². The number of aromatic nitrogens is 2. The summed E-state index contributed by atoms with van der Waals surface area (Å²) in [6, 6.07) is 6.24. The minimum Gasteiger partial charge on any atom is -0.507 e. The lowest BCUT2D eigenvalue weighted by Crippen LogP contribution is -2.62. The van der Waals surface area contributed by atoms with Crippen molar-refractivity contribution in [2.45, 2.75) is 57.7 Å². The minimum absolute atomic E-state index is 0.00311. The number of halogens is 1. The lowest BCUT2D eigenvalue weighted by Gasteiger charge is -2.49. The molecule has 1 aliphatic rings. The summed E-state index contributed by atoms with van der Waals surface area (Å²) < 4.78 is 35.7. The molecular formula is C23H31FN4O3S. The third kappa shape index (κ3) is 5.83. The second kappa shape index (κ2) is 9.15. The number of aromatic hydroxyl groups is 1. The van der Waals surface area contributed by atoms with E-state index in [0.717, 1.165) is 12.8 Å². The zero-order valence-electron chi connectivity index (χ0n) is 19.1. The van der Waals surface area contributed by atoms with E-state index < -0.39 is 16.5 Å². The van der Waals surface area contributed by atoms with Gasteiger partial charge in [-0.25, -0.2) is 12.8 Å². The van der Waals surface area contributed by atoms with Crippen molar-refractivity contribution in [2.75, 3.05) is 17.7 Å². The lowest BCUT2D eigenvalue weighted by molar-refractivity contribution is 0.160. The molecule has 0 amide bonds. The normalized spacial score (nSPS) is 18.3. The molecular weight excluding hydrogens is 431 g/mol. The molecule has 0 radical (unpaired) electrons. The van der Waals surface area contributed by atoms with Crippen molar-refractivity contribution in [2.24, 2.45) is 0 Å². The molecule has 0 spiro atoms. The van der Waals surface area contributed by atoms with Gasteiger partial charge in [-0.15, -0.1) is 10.2 Å². The largest absolute Gasteiger partial charge is 0.507 e. The van der Waals surface area contributed by atoms with Gasteiger partial charge >= 0.3 is 0 Å². The number of nitrogens with one attached hydrogen (secondary N) is 1. The van der Waals surface area contributed by atoms with Gasteiger partial charge in [-0.3, -0.25) is 0 Å². The number of benzene rings is 1. The first-order valence-electron chi connectivity index (χ1n) is 10.5. The van der Waals surface area contributed by atoms with Crippen LogP contribution in [0.25, 0.3) is 17.3 Å². The first-order chi connectivity index (χ1) is 14.9. The summed E-state index contributed by atoms with van der Waals surface area (Å²) in [6.07, 6.45) is 4.57. The van der Waals surface area contributed by atoms with Crippen LogP contribution in [0.15, 0.2) is 30.3 Å². The molecule has 2 heterocycles. The monoisotopic (exact) mass is 462 g/mol. The Morgan fingerprint density at radius 2 is 1.84 bits per heavy atom. The molecule has 0 saturated carbocycles. The maximum Gasteiger partial charge on any atom is 0.151 e. The highest BCUT2D eigenvalue weighted by Crippen LogP contribution is 2.34. The molecule has 2 aromatic rings. The smallest absolute Gasteiger partial charge is 0.151 e. The molecule has 0 atom stereocenters. The fraction of sp³-hybridized carbons (Fsp3) is 0.478. The Kier molecular flexibility index (Phi) is 6.90. The number of nitrogens with zero attached hydrogens (tertiary/aromatic N) is 3. The van der Waals surface area contributed by atoms with Gasteiger partial charge in [0.2, 0.25) is 0 Å². The Bertz CT molecular complexity index is 1060. The summed E-state index contributed by atoms with van der Waals surface area (Å²) in [5.74, 6) is -0.228. The van der Waals surface area contributed by atoms with E-state index in [9.17, 15) is 17.9 Å². The first kappa shape index (κ1) is 24.1. The van der Waals surface area contributed by atoms with E-state index in [0.29, 0.717) is 11.5 Å². The fourth-order valence-corrected chi connectivity index (χ4v) is 4.84. The minimum atomic E-state index is -2.58. The van der Waals surface area contributed by atoms with Crippen molar-refractivity contribution >= 4 is 22.6 Å². The van der Waals surface area contributed by atoms with Crippen LogP contribution in [0.3, 0.4) is 0 Å². The zero-order valence-corrected chi connectivity index (χ0v) is 20.0. The molecule has 3 rings (SSSR count). The number of phenolic OH excluding ortho intramolecular Hbond substituents is 1. The topological polar surface area (TPSA) is 95.4 Å². The molecule has 1 aromatic heterocycles. The fourth-order valence-electron chi connectivity index (χ4n) is 4.56. The molecule has 0 unspecified atom stereocenters. The zero-order chi connectivity index (χ0) is 23.7. The van der Waals surface area contributed by atoms with E-state index in [1.165, 1.54) is 24.3 Å². The number of rotatable bonds is 6. The van der Waals surface area contributed by atoms with Crippen LogP contribution in [0.4, 0.5) is 10.2 Å².